The van der Waals surface area contributed by atoms with Crippen LogP contribution < -0.4 is 0 Å². The first-order chi connectivity index (χ1) is 8.65. The molecule has 2 rings (SSSR count). The molecule has 0 fully saturated rings. The topological polar surface area (TPSA) is 6.02 Å². The van der Waals surface area contributed by atoms with Crippen molar-refractivity contribution in [2.45, 2.75) is 59.5 Å². The van der Waals surface area contributed by atoms with E-state index >= 15 is 0 Å². The van der Waals surface area contributed by atoms with Gasteiger partial charge in [0.05, 0.1) is 0 Å². The third kappa shape index (κ3) is 2.26. The van der Waals surface area contributed by atoms with Crippen LogP contribution in [0.2, 0.25) is 0 Å². The van der Waals surface area contributed by atoms with Crippen molar-refractivity contribution in [3.63, 3.8) is 0 Å². The van der Waals surface area contributed by atoms with Gasteiger partial charge in [-0.15, -0.1) is 0 Å². The molecule has 1 heterocycles. The maximum Gasteiger partial charge on any atom is 0.490 e. The number of nitrogens with zero attached hydrogens (tertiary/aromatic N) is 2. The van der Waals surface area contributed by atoms with Crippen molar-refractivity contribution in [3.8, 4) is 0 Å². The van der Waals surface area contributed by atoms with Gasteiger partial charge < -0.3 is 0 Å². The second kappa shape index (κ2) is 4.31. The van der Waals surface area contributed by atoms with Crippen LogP contribution in [-0.4, -0.2) is 26.2 Å². The van der Waals surface area contributed by atoms with E-state index in [0.717, 1.165) is 0 Å². The molecule has 0 bridgehead atoms. The largest absolute Gasteiger partial charge is 0.490 e. The van der Waals surface area contributed by atoms with E-state index in [2.05, 4.69) is 87.9 Å². The Morgan fingerprint density at radius 2 is 1.37 bits per heavy atom. The molecule has 0 aliphatic carbocycles. The van der Waals surface area contributed by atoms with E-state index in [1.54, 1.807) is 0 Å². The van der Waals surface area contributed by atoms with Gasteiger partial charge >= 0.3 is 6.01 Å². The molecule has 2 nitrogen and oxygen atoms in total. The first-order valence-corrected chi connectivity index (χ1v) is 7.11. The third-order valence-electron chi connectivity index (χ3n) is 4.22. The molecule has 0 N–H and O–H groups in total. The monoisotopic (exact) mass is 258 g/mol. The summed E-state index contributed by atoms with van der Waals surface area (Å²) in [6, 6.07) is 12.2. The van der Waals surface area contributed by atoms with Gasteiger partial charge in [-0.25, -0.2) is 0 Å². The van der Waals surface area contributed by atoms with Gasteiger partial charge in [0.1, 0.15) is 0 Å². The first kappa shape index (κ1) is 14.0. The Bertz CT molecular complexity index is 565. The Morgan fingerprint density at radius 1 is 0.895 bits per heavy atom. The SMILES string of the molecule is CC(C)C(C)(C)[N+]1=C=[N+](C(C)(C)C)c2ccccc21. The molecule has 0 saturated heterocycles. The molecule has 1 aromatic rings. The van der Waals surface area contributed by atoms with Crippen LogP contribution in [0.4, 0.5) is 11.4 Å². The van der Waals surface area contributed by atoms with Gasteiger partial charge in [0.25, 0.3) is 11.4 Å². The summed E-state index contributed by atoms with van der Waals surface area (Å²) in [7, 11) is 0. The zero-order valence-electron chi connectivity index (χ0n) is 13.3. The van der Waals surface area contributed by atoms with E-state index in [0.29, 0.717) is 5.92 Å². The fraction of sp³-hybridized carbons (Fsp3) is 0.588. The van der Waals surface area contributed by atoms with Gasteiger partial charge in [0, 0.05) is 52.7 Å². The summed E-state index contributed by atoms with van der Waals surface area (Å²) >= 11 is 0. The lowest BCUT2D eigenvalue weighted by Gasteiger charge is -2.21. The number of para-hydroxylation sites is 2. The fourth-order valence-electron chi connectivity index (χ4n) is 2.26. The van der Waals surface area contributed by atoms with Crippen molar-refractivity contribution >= 4 is 17.4 Å². The van der Waals surface area contributed by atoms with Crippen LogP contribution in [0.5, 0.6) is 0 Å². The quantitative estimate of drug-likeness (QED) is 0.694. The Morgan fingerprint density at radius 3 is 1.79 bits per heavy atom. The van der Waals surface area contributed by atoms with Gasteiger partial charge in [0.15, 0.2) is 11.1 Å². The molecular weight excluding hydrogens is 232 g/mol. The Hall–Kier alpha value is -1.40. The molecular formula is C17H26N2+2. The molecule has 1 aromatic carbocycles. The molecule has 19 heavy (non-hydrogen) atoms. The maximum absolute atomic E-state index is 3.58. The molecule has 0 radical (unpaired) electrons. The summed E-state index contributed by atoms with van der Waals surface area (Å²) in [4.78, 5) is 0. The van der Waals surface area contributed by atoms with E-state index in [4.69, 9.17) is 0 Å². The summed E-state index contributed by atoms with van der Waals surface area (Å²) < 4.78 is 4.56. The Kier molecular flexibility index (Phi) is 3.18. The minimum absolute atomic E-state index is 0.0396. The summed E-state index contributed by atoms with van der Waals surface area (Å²) in [6.45, 7) is 15.8. The molecule has 0 atom stereocenters. The standard InChI is InChI=1S/C17H26N2/c1-13(2)17(6,7)19-12-18(16(3,4)5)14-10-8-9-11-15(14)19/h8-11,13H,1-7H3/q+2. The zero-order chi connectivity index (χ0) is 14.4. The molecule has 0 spiro atoms. The van der Waals surface area contributed by atoms with Crippen molar-refractivity contribution in [3.05, 3.63) is 24.3 Å². The van der Waals surface area contributed by atoms with Crippen LogP contribution in [0.1, 0.15) is 48.5 Å². The second-order valence-corrected chi connectivity index (χ2v) is 7.24. The lowest BCUT2D eigenvalue weighted by atomic mass is 9.89. The summed E-state index contributed by atoms with van der Waals surface area (Å²) in [5.74, 6) is 0.549. The predicted molar refractivity (Wildman–Crippen MR) is 80.0 cm³/mol. The lowest BCUT2D eigenvalue weighted by Crippen LogP contribution is -2.38. The fourth-order valence-corrected chi connectivity index (χ4v) is 2.26. The van der Waals surface area contributed by atoms with Gasteiger partial charge in [-0.2, -0.15) is 0 Å². The minimum atomic E-state index is 0.0396. The summed E-state index contributed by atoms with van der Waals surface area (Å²) in [5.41, 5.74) is 2.61. The predicted octanol–water partition coefficient (Wildman–Crippen LogP) is 4.40. The van der Waals surface area contributed by atoms with Crippen LogP contribution >= 0.6 is 0 Å². The second-order valence-electron chi connectivity index (χ2n) is 7.24. The van der Waals surface area contributed by atoms with Gasteiger partial charge in [-0.1, -0.05) is 35.1 Å². The molecule has 102 valence electrons. The smallest absolute Gasteiger partial charge is 0.0827 e. The van der Waals surface area contributed by atoms with Crippen molar-refractivity contribution in [1.82, 2.24) is 0 Å². The van der Waals surface area contributed by atoms with Crippen molar-refractivity contribution in [2.24, 2.45) is 5.92 Å². The van der Waals surface area contributed by atoms with Crippen LogP contribution in [0.25, 0.3) is 0 Å². The molecule has 0 unspecified atom stereocenters. The normalized spacial score (nSPS) is 15.4. The molecule has 1 aliphatic rings. The van der Waals surface area contributed by atoms with E-state index in [9.17, 15) is 0 Å². The molecule has 1 aliphatic heterocycles. The number of benzene rings is 1. The highest BCUT2D eigenvalue weighted by Crippen LogP contribution is 2.38. The first-order valence-electron chi connectivity index (χ1n) is 7.11. The van der Waals surface area contributed by atoms with Crippen molar-refractivity contribution in [2.75, 3.05) is 0 Å². The van der Waals surface area contributed by atoms with Crippen LogP contribution in [0.15, 0.2) is 24.3 Å². The van der Waals surface area contributed by atoms with Crippen LogP contribution in [0, 0.1) is 5.92 Å². The molecule has 0 amide bonds. The minimum Gasteiger partial charge on any atom is -0.0827 e. The van der Waals surface area contributed by atoms with E-state index in [-0.39, 0.29) is 11.1 Å². The van der Waals surface area contributed by atoms with Gasteiger partial charge in [-0.05, 0) is 0 Å². The van der Waals surface area contributed by atoms with Crippen molar-refractivity contribution in [1.29, 1.82) is 0 Å². The van der Waals surface area contributed by atoms with E-state index in [1.165, 1.54) is 11.4 Å². The highest BCUT2D eigenvalue weighted by atomic mass is 15.2. The van der Waals surface area contributed by atoms with Crippen LogP contribution in [-0.2, 0) is 0 Å². The number of hydrogen-bond acceptors (Lipinski definition) is 0. The number of hydrogen-bond donors (Lipinski definition) is 0. The third-order valence-corrected chi connectivity index (χ3v) is 4.22. The molecule has 0 aromatic heterocycles. The van der Waals surface area contributed by atoms with Gasteiger partial charge in [-0.3, -0.25) is 0 Å². The molecule has 2 heteroatoms. The van der Waals surface area contributed by atoms with E-state index < -0.39 is 0 Å². The van der Waals surface area contributed by atoms with Crippen molar-refractivity contribution < 1.29 is 9.15 Å². The lowest BCUT2D eigenvalue weighted by molar-refractivity contribution is -0.553. The Labute approximate surface area is 117 Å². The number of fused-ring (bicyclic) bond motifs is 1. The highest BCUT2D eigenvalue weighted by molar-refractivity contribution is 5.59. The average Bonchev–Trinajstić information content (AvgIpc) is 2.68. The van der Waals surface area contributed by atoms with Crippen LogP contribution in [0.3, 0.4) is 0 Å². The average molecular weight is 258 g/mol. The molecule has 0 saturated carbocycles. The highest BCUT2D eigenvalue weighted by Gasteiger charge is 2.47. The summed E-state index contributed by atoms with van der Waals surface area (Å²) in [5, 5.41) is 0. The van der Waals surface area contributed by atoms with Gasteiger partial charge in [0.2, 0.25) is 0 Å². The van der Waals surface area contributed by atoms with E-state index in [1.807, 2.05) is 0 Å². The summed E-state index contributed by atoms with van der Waals surface area (Å²) in [6.07, 6.45) is 0. The Balaban J connectivity index is 2.70. The number of rotatable bonds is 2. The zero-order valence-corrected chi connectivity index (χ0v) is 13.3. The maximum atomic E-state index is 3.58.